The van der Waals surface area contributed by atoms with Crippen molar-refractivity contribution in [1.82, 2.24) is 25.0 Å². The molecule has 0 bridgehead atoms. The minimum atomic E-state index is -0.929. The maximum Gasteiger partial charge on any atom is 0.404 e. The van der Waals surface area contributed by atoms with Crippen LogP contribution < -0.4 is 16.4 Å². The zero-order valence-electron chi connectivity index (χ0n) is 34.7. The van der Waals surface area contributed by atoms with Gasteiger partial charge in [0.1, 0.15) is 18.2 Å². The van der Waals surface area contributed by atoms with Gasteiger partial charge in [0.2, 0.25) is 17.7 Å². The molecule has 18 heteroatoms. The summed E-state index contributed by atoms with van der Waals surface area (Å²) in [5.41, 5.74) is 6.83. The molecule has 1 aliphatic rings. The van der Waals surface area contributed by atoms with E-state index in [1.807, 2.05) is 55.7 Å². The third kappa shape index (κ3) is 15.8. The molecule has 0 saturated heterocycles. The summed E-state index contributed by atoms with van der Waals surface area (Å²) in [6, 6.07) is 14.2. The van der Waals surface area contributed by atoms with Gasteiger partial charge in [-0.05, 0) is 41.7 Å². The predicted molar refractivity (Wildman–Crippen MR) is 225 cm³/mol. The largest absolute Gasteiger partial charge is 0.450 e. The number of nitrogens with zero attached hydrogens (tertiary/aromatic N) is 3. The maximum atomic E-state index is 15.1. The quantitative estimate of drug-likeness (QED) is 0.0822. The molecule has 330 valence electrons. The molecule has 0 radical (unpaired) electrons. The van der Waals surface area contributed by atoms with Gasteiger partial charge in [0, 0.05) is 73.5 Å². The van der Waals surface area contributed by atoms with Crippen molar-refractivity contribution in [3.8, 4) is 11.1 Å². The highest BCUT2D eigenvalue weighted by Crippen LogP contribution is 2.41. The minimum absolute atomic E-state index is 0.0163. The third-order valence-electron chi connectivity index (χ3n) is 9.30. The summed E-state index contributed by atoms with van der Waals surface area (Å²) >= 11 is 1.30. The van der Waals surface area contributed by atoms with Crippen molar-refractivity contribution >= 4 is 47.4 Å². The van der Waals surface area contributed by atoms with E-state index < -0.39 is 46.9 Å². The molecule has 15 nitrogen and oxygen atoms in total. The van der Waals surface area contributed by atoms with Gasteiger partial charge in [0.05, 0.1) is 44.8 Å². The van der Waals surface area contributed by atoms with Crippen molar-refractivity contribution in [2.45, 2.75) is 46.2 Å². The van der Waals surface area contributed by atoms with Gasteiger partial charge in [-0.15, -0.1) is 0 Å². The molecular weight excluding hydrogens is 815 g/mol. The Morgan fingerprint density at radius 3 is 2.16 bits per heavy atom. The first-order chi connectivity index (χ1) is 29.1. The zero-order chi connectivity index (χ0) is 44.4. The lowest BCUT2D eigenvalue weighted by molar-refractivity contribution is -0.141. The van der Waals surface area contributed by atoms with Crippen molar-refractivity contribution in [2.24, 2.45) is 11.1 Å². The monoisotopic (exact) mass is 868 g/mol. The SMILES string of the molecule is CC(C)(C)[C@H](c1cc(-c2cc(F)ccc2F)cn1Cc1ccccc1)N(CCCOC(N)=O)C(=O)CSCCC(=O)NCCOCCOCCNC(=O)CN1C(=O)C=CC1=O. The number of benzene rings is 2. The molecule has 2 heterocycles. The second-order valence-corrected chi connectivity index (χ2v) is 16.2. The molecule has 4 N–H and O–H groups in total. The van der Waals surface area contributed by atoms with E-state index in [9.17, 15) is 33.2 Å². The first-order valence-electron chi connectivity index (χ1n) is 19.8. The van der Waals surface area contributed by atoms with E-state index in [1.54, 1.807) is 17.2 Å². The molecule has 0 aliphatic carbocycles. The van der Waals surface area contributed by atoms with Crippen LogP contribution in [0.5, 0.6) is 0 Å². The van der Waals surface area contributed by atoms with Gasteiger partial charge in [0.15, 0.2) is 0 Å². The number of aromatic nitrogens is 1. The Kier molecular flexibility index (Phi) is 18.9. The number of carbonyl (C=O) groups is 6. The van der Waals surface area contributed by atoms with E-state index in [-0.39, 0.29) is 95.2 Å². The highest BCUT2D eigenvalue weighted by atomic mass is 32.2. The number of primary amides is 1. The van der Waals surface area contributed by atoms with Crippen LogP contribution >= 0.6 is 11.8 Å². The van der Waals surface area contributed by atoms with Gasteiger partial charge in [-0.2, -0.15) is 11.8 Å². The standard InChI is InChI=1S/C43H54F2N6O9S/c1-43(2,3)41(35-24-31(33-25-32(44)10-11-34(33)45)27-49(35)26-30-8-5-4-6-9-30)50(17-7-18-60-42(46)57)40(56)29-61-23-14-36(52)47-15-19-58-21-22-59-20-16-48-37(53)28-51-38(54)12-13-39(51)55/h4-6,8-13,24-25,27,41H,7,14-23,26,28-29H2,1-3H3,(H2,46,57)(H,47,52)(H,48,53)/t41-/m0/s1. The Bertz CT molecular complexity index is 1990. The summed E-state index contributed by atoms with van der Waals surface area (Å²) in [5, 5.41) is 5.35. The van der Waals surface area contributed by atoms with Crippen molar-refractivity contribution in [3.05, 3.63) is 95.8 Å². The fourth-order valence-corrected chi connectivity index (χ4v) is 7.36. The highest BCUT2D eigenvalue weighted by Gasteiger charge is 2.37. The Hall–Kier alpha value is -5.59. The van der Waals surface area contributed by atoms with Crippen molar-refractivity contribution < 1.29 is 51.8 Å². The van der Waals surface area contributed by atoms with Crippen LogP contribution in [-0.2, 0) is 44.7 Å². The molecule has 0 unspecified atom stereocenters. The molecule has 0 spiro atoms. The van der Waals surface area contributed by atoms with Crippen LogP contribution in [0.25, 0.3) is 11.1 Å². The number of hydrogen-bond acceptors (Lipinski definition) is 10. The summed E-state index contributed by atoms with van der Waals surface area (Å²) < 4.78 is 47.3. The van der Waals surface area contributed by atoms with Crippen LogP contribution in [0.4, 0.5) is 13.6 Å². The average molecular weight is 869 g/mol. The number of thioether (sulfide) groups is 1. The van der Waals surface area contributed by atoms with Crippen LogP contribution in [0, 0.1) is 17.0 Å². The van der Waals surface area contributed by atoms with E-state index in [0.717, 1.165) is 40.8 Å². The highest BCUT2D eigenvalue weighted by molar-refractivity contribution is 7.99. The van der Waals surface area contributed by atoms with Gasteiger partial charge in [0.25, 0.3) is 11.8 Å². The lowest BCUT2D eigenvalue weighted by Crippen LogP contribution is -2.44. The molecule has 0 fully saturated rings. The Balaban J connectivity index is 1.28. The average Bonchev–Trinajstić information content (AvgIpc) is 3.76. The molecule has 1 aromatic heterocycles. The number of nitrogens with one attached hydrogen (secondary N) is 2. The van der Waals surface area contributed by atoms with Crippen LogP contribution in [0.3, 0.4) is 0 Å². The normalized spacial score (nSPS) is 13.0. The zero-order valence-corrected chi connectivity index (χ0v) is 35.5. The lowest BCUT2D eigenvalue weighted by atomic mass is 9.83. The molecule has 1 atom stereocenters. The topological polar surface area (TPSA) is 192 Å². The van der Waals surface area contributed by atoms with Crippen LogP contribution in [-0.4, -0.2) is 121 Å². The van der Waals surface area contributed by atoms with E-state index in [0.29, 0.717) is 23.6 Å². The minimum Gasteiger partial charge on any atom is -0.450 e. The molecule has 2 aromatic carbocycles. The van der Waals surface area contributed by atoms with Crippen molar-refractivity contribution in [2.75, 3.05) is 70.7 Å². The molecule has 6 amide bonds. The fourth-order valence-electron chi connectivity index (χ4n) is 6.55. The Morgan fingerprint density at radius 2 is 1.52 bits per heavy atom. The van der Waals surface area contributed by atoms with Crippen LogP contribution in [0.2, 0.25) is 0 Å². The molecule has 61 heavy (non-hydrogen) atoms. The first-order valence-corrected chi connectivity index (χ1v) is 21.0. The summed E-state index contributed by atoms with van der Waals surface area (Å²) in [6.45, 7) is 7.58. The number of ether oxygens (including phenoxy) is 3. The van der Waals surface area contributed by atoms with Gasteiger partial charge in [-0.25, -0.2) is 13.6 Å². The number of hydrogen-bond donors (Lipinski definition) is 3. The summed E-state index contributed by atoms with van der Waals surface area (Å²) in [7, 11) is 0. The summed E-state index contributed by atoms with van der Waals surface area (Å²) in [5.74, 6) is -2.75. The van der Waals surface area contributed by atoms with E-state index in [4.69, 9.17) is 19.9 Å². The molecule has 0 saturated carbocycles. The van der Waals surface area contributed by atoms with Gasteiger partial charge < -0.3 is 40.0 Å². The predicted octanol–water partition coefficient (Wildman–Crippen LogP) is 4.20. The summed E-state index contributed by atoms with van der Waals surface area (Å²) in [4.78, 5) is 75.6. The summed E-state index contributed by atoms with van der Waals surface area (Å²) in [6.07, 6.45) is 3.50. The second kappa shape index (κ2) is 24.0. The number of imide groups is 1. The van der Waals surface area contributed by atoms with E-state index >= 15 is 4.39 Å². The van der Waals surface area contributed by atoms with Crippen molar-refractivity contribution in [1.29, 1.82) is 0 Å². The maximum absolute atomic E-state index is 15.1. The Labute approximate surface area is 358 Å². The number of nitrogens with two attached hydrogens (primary N) is 1. The Morgan fingerprint density at radius 1 is 0.869 bits per heavy atom. The van der Waals surface area contributed by atoms with Gasteiger partial charge in [-0.3, -0.25) is 28.9 Å². The number of halogens is 2. The molecule has 1 aliphatic heterocycles. The second-order valence-electron chi connectivity index (χ2n) is 15.1. The third-order valence-corrected chi connectivity index (χ3v) is 10.2. The van der Waals surface area contributed by atoms with E-state index in [1.165, 1.54) is 11.8 Å². The van der Waals surface area contributed by atoms with Gasteiger partial charge in [-0.1, -0.05) is 51.1 Å². The fraction of sp³-hybridized carbons (Fsp3) is 0.442. The number of carbonyl (C=O) groups excluding carboxylic acids is 6. The molecule has 4 rings (SSSR count). The lowest BCUT2D eigenvalue weighted by Gasteiger charge is -2.41. The van der Waals surface area contributed by atoms with Gasteiger partial charge >= 0.3 is 6.09 Å². The van der Waals surface area contributed by atoms with Crippen molar-refractivity contribution in [3.63, 3.8) is 0 Å². The molecule has 3 aromatic rings. The number of amides is 6. The first kappa shape index (κ1) is 48.1. The molecular formula is C43H54F2N6O9S. The number of rotatable bonds is 25. The van der Waals surface area contributed by atoms with Crippen LogP contribution in [0.1, 0.15) is 50.9 Å². The van der Waals surface area contributed by atoms with E-state index in [2.05, 4.69) is 10.6 Å². The smallest absolute Gasteiger partial charge is 0.404 e. The van der Waals surface area contributed by atoms with Crippen LogP contribution in [0.15, 0.2) is 72.9 Å².